The fourth-order valence-electron chi connectivity index (χ4n) is 4.97. The van der Waals surface area contributed by atoms with Crippen molar-refractivity contribution in [1.29, 1.82) is 0 Å². The molecule has 0 aliphatic carbocycles. The predicted molar refractivity (Wildman–Crippen MR) is 138 cm³/mol. The van der Waals surface area contributed by atoms with E-state index in [1.807, 2.05) is 0 Å². The van der Waals surface area contributed by atoms with Gasteiger partial charge in [-0.15, -0.1) is 0 Å². The second kappa shape index (κ2) is 10.5. The number of carbonyl (C=O) groups excluding carboxylic acids is 2. The van der Waals surface area contributed by atoms with Crippen molar-refractivity contribution in [1.82, 2.24) is 21.3 Å². The first-order valence-electron chi connectivity index (χ1n) is 12.3. The molecule has 1 aliphatic rings. The molecule has 0 unspecified atom stereocenters. The van der Waals surface area contributed by atoms with Gasteiger partial charge in [0.05, 0.1) is 12.1 Å². The Morgan fingerprint density at radius 1 is 0.618 bits per heavy atom. The standard InChI is InChI=1S/C28H36N4O2/c1-17(2)25-27(33)29-13-14-30-28(34)26(18(3)4)32-16-24-21-11-7-5-9-19(21)23(15-31-25)20-10-6-8-12-22(20)24/h5-12,17-18,25-26,31-32H,13-16H2,1-4H3,(H,29,33)(H,30,34)/t25-,26-/m0/s1. The average Bonchev–Trinajstić information content (AvgIpc) is 2.81. The van der Waals surface area contributed by atoms with Gasteiger partial charge in [-0.05, 0) is 44.5 Å². The molecule has 0 saturated heterocycles. The van der Waals surface area contributed by atoms with Gasteiger partial charge in [-0.25, -0.2) is 0 Å². The van der Waals surface area contributed by atoms with Gasteiger partial charge >= 0.3 is 0 Å². The highest BCUT2D eigenvalue weighted by atomic mass is 16.2. The van der Waals surface area contributed by atoms with E-state index in [9.17, 15) is 9.59 Å². The van der Waals surface area contributed by atoms with Crippen molar-refractivity contribution in [2.45, 2.75) is 52.9 Å². The topological polar surface area (TPSA) is 82.3 Å². The molecule has 1 heterocycles. The van der Waals surface area contributed by atoms with Crippen LogP contribution in [0.1, 0.15) is 38.8 Å². The molecule has 6 nitrogen and oxygen atoms in total. The smallest absolute Gasteiger partial charge is 0.237 e. The predicted octanol–water partition coefficient (Wildman–Crippen LogP) is 3.47. The highest BCUT2D eigenvalue weighted by Gasteiger charge is 2.25. The van der Waals surface area contributed by atoms with Crippen LogP contribution in [0.15, 0.2) is 48.5 Å². The highest BCUT2D eigenvalue weighted by Crippen LogP contribution is 2.33. The van der Waals surface area contributed by atoms with E-state index in [4.69, 9.17) is 0 Å². The molecule has 0 saturated carbocycles. The summed E-state index contributed by atoms with van der Waals surface area (Å²) in [5.74, 6) is 0.166. The molecule has 6 heteroatoms. The maximum absolute atomic E-state index is 13.0. The number of rotatable bonds is 2. The van der Waals surface area contributed by atoms with Crippen LogP contribution >= 0.6 is 0 Å². The Balaban J connectivity index is 1.87. The van der Waals surface area contributed by atoms with Crippen LogP contribution in [0.4, 0.5) is 0 Å². The van der Waals surface area contributed by atoms with E-state index in [2.05, 4.69) is 97.5 Å². The summed E-state index contributed by atoms with van der Waals surface area (Å²) in [6, 6.07) is 16.2. The molecule has 4 rings (SSSR count). The summed E-state index contributed by atoms with van der Waals surface area (Å²) in [6.45, 7) is 10.2. The van der Waals surface area contributed by atoms with Crippen LogP contribution in [-0.2, 0) is 22.7 Å². The Labute approximate surface area is 201 Å². The lowest BCUT2D eigenvalue weighted by Crippen LogP contribution is -2.51. The molecule has 3 aromatic rings. The molecule has 1 aliphatic heterocycles. The fraction of sp³-hybridized carbons (Fsp3) is 0.429. The zero-order chi connectivity index (χ0) is 24.2. The summed E-state index contributed by atoms with van der Waals surface area (Å²) in [5.41, 5.74) is 2.39. The molecule has 180 valence electrons. The summed E-state index contributed by atoms with van der Waals surface area (Å²) in [4.78, 5) is 26.0. The van der Waals surface area contributed by atoms with Gasteiger partial charge in [0.2, 0.25) is 11.8 Å². The van der Waals surface area contributed by atoms with Gasteiger partial charge in [-0.2, -0.15) is 0 Å². The molecule has 0 spiro atoms. The Bertz CT molecular complexity index is 1040. The minimum Gasteiger partial charge on any atom is -0.353 e. The van der Waals surface area contributed by atoms with Gasteiger partial charge in [0.1, 0.15) is 0 Å². The minimum atomic E-state index is -0.328. The number of benzene rings is 3. The average molecular weight is 461 g/mol. The first-order valence-corrected chi connectivity index (χ1v) is 12.3. The number of fused-ring (bicyclic) bond motifs is 3. The molecule has 0 radical (unpaired) electrons. The maximum Gasteiger partial charge on any atom is 0.237 e. The Kier molecular flexibility index (Phi) is 7.49. The lowest BCUT2D eigenvalue weighted by molar-refractivity contribution is -0.126. The zero-order valence-corrected chi connectivity index (χ0v) is 20.6. The first kappa shape index (κ1) is 24.2. The summed E-state index contributed by atoms with van der Waals surface area (Å²) in [5, 5.41) is 17.7. The molecular formula is C28H36N4O2. The van der Waals surface area contributed by atoms with E-state index in [1.54, 1.807) is 0 Å². The summed E-state index contributed by atoms with van der Waals surface area (Å²) >= 11 is 0. The molecule has 2 amide bonds. The van der Waals surface area contributed by atoms with Gasteiger partial charge < -0.3 is 21.3 Å². The maximum atomic E-state index is 13.0. The fourth-order valence-corrected chi connectivity index (χ4v) is 4.97. The monoisotopic (exact) mass is 460 g/mol. The third-order valence-electron chi connectivity index (χ3n) is 6.77. The second-order valence-electron chi connectivity index (χ2n) is 9.84. The molecule has 2 atom stereocenters. The molecular weight excluding hydrogens is 424 g/mol. The summed E-state index contributed by atoms with van der Waals surface area (Å²) < 4.78 is 0. The van der Waals surface area contributed by atoms with E-state index >= 15 is 0 Å². The Morgan fingerprint density at radius 2 is 0.941 bits per heavy atom. The third-order valence-corrected chi connectivity index (χ3v) is 6.77. The van der Waals surface area contributed by atoms with E-state index in [1.165, 1.54) is 32.7 Å². The lowest BCUT2D eigenvalue weighted by Gasteiger charge is -2.26. The molecule has 3 aromatic carbocycles. The molecule has 2 bridgehead atoms. The first-order chi connectivity index (χ1) is 16.4. The SMILES string of the molecule is CC(C)[C@@H]1NCc2c3ccccc3c(c3ccccc23)CN[C@@H](C(C)C)C(=O)NCCNC1=O. The van der Waals surface area contributed by atoms with Crippen molar-refractivity contribution in [3.63, 3.8) is 0 Å². The number of carbonyl (C=O) groups is 2. The van der Waals surface area contributed by atoms with E-state index in [0.717, 1.165) is 0 Å². The van der Waals surface area contributed by atoms with Crippen LogP contribution in [0, 0.1) is 11.8 Å². The summed E-state index contributed by atoms with van der Waals surface area (Å²) in [7, 11) is 0. The van der Waals surface area contributed by atoms with Gasteiger partial charge in [0.15, 0.2) is 0 Å². The summed E-state index contributed by atoms with van der Waals surface area (Å²) in [6.07, 6.45) is 0. The Morgan fingerprint density at radius 3 is 1.24 bits per heavy atom. The third kappa shape index (κ3) is 4.93. The van der Waals surface area contributed by atoms with Crippen LogP contribution in [0.25, 0.3) is 21.5 Å². The van der Waals surface area contributed by atoms with E-state index in [-0.39, 0.29) is 35.7 Å². The normalized spacial score (nSPS) is 20.8. The van der Waals surface area contributed by atoms with Crippen molar-refractivity contribution >= 4 is 33.4 Å². The van der Waals surface area contributed by atoms with E-state index in [0.29, 0.717) is 26.2 Å². The van der Waals surface area contributed by atoms with Crippen molar-refractivity contribution in [2.24, 2.45) is 11.8 Å². The Hall–Kier alpha value is -2.96. The van der Waals surface area contributed by atoms with Crippen LogP contribution in [0.3, 0.4) is 0 Å². The van der Waals surface area contributed by atoms with Crippen molar-refractivity contribution < 1.29 is 9.59 Å². The molecule has 0 aromatic heterocycles. The van der Waals surface area contributed by atoms with Crippen LogP contribution in [-0.4, -0.2) is 37.0 Å². The number of amides is 2. The van der Waals surface area contributed by atoms with Crippen molar-refractivity contribution in [3.05, 3.63) is 59.7 Å². The number of hydrogen-bond acceptors (Lipinski definition) is 4. The van der Waals surface area contributed by atoms with Crippen molar-refractivity contribution in [3.8, 4) is 0 Å². The number of hydrogen-bond donors (Lipinski definition) is 4. The van der Waals surface area contributed by atoms with Crippen LogP contribution in [0.5, 0.6) is 0 Å². The highest BCUT2D eigenvalue weighted by molar-refractivity contribution is 6.05. The van der Waals surface area contributed by atoms with Gasteiger partial charge in [-0.1, -0.05) is 76.2 Å². The van der Waals surface area contributed by atoms with Crippen LogP contribution in [0.2, 0.25) is 0 Å². The van der Waals surface area contributed by atoms with E-state index < -0.39 is 0 Å². The second-order valence-corrected chi connectivity index (χ2v) is 9.84. The van der Waals surface area contributed by atoms with Gasteiger partial charge in [0.25, 0.3) is 0 Å². The zero-order valence-electron chi connectivity index (χ0n) is 20.6. The molecule has 0 fully saturated rings. The van der Waals surface area contributed by atoms with Crippen molar-refractivity contribution in [2.75, 3.05) is 13.1 Å². The quantitative estimate of drug-likeness (QED) is 0.442. The molecule has 34 heavy (non-hydrogen) atoms. The number of nitrogens with one attached hydrogen (secondary N) is 4. The van der Waals surface area contributed by atoms with Crippen LogP contribution < -0.4 is 21.3 Å². The molecule has 4 N–H and O–H groups in total. The lowest BCUT2D eigenvalue weighted by atomic mass is 9.90. The van der Waals surface area contributed by atoms with Gasteiger partial charge in [0, 0.05) is 26.2 Å². The largest absolute Gasteiger partial charge is 0.353 e. The minimum absolute atomic E-state index is 0.0416. The van der Waals surface area contributed by atoms with Gasteiger partial charge in [-0.3, -0.25) is 9.59 Å².